The summed E-state index contributed by atoms with van der Waals surface area (Å²) in [4.78, 5) is 11.8. The Bertz CT molecular complexity index is 204. The second-order valence-electron chi connectivity index (χ2n) is 4.45. The second-order valence-corrected chi connectivity index (χ2v) is 5.57. The van der Waals surface area contributed by atoms with Crippen LogP contribution < -0.4 is 5.32 Å². The van der Waals surface area contributed by atoms with E-state index in [4.69, 9.17) is 0 Å². The van der Waals surface area contributed by atoms with Gasteiger partial charge >= 0.3 is 0 Å². The van der Waals surface area contributed by atoms with E-state index in [1.807, 2.05) is 0 Å². The maximum atomic E-state index is 11.8. The molecule has 0 unspecified atom stereocenters. The van der Waals surface area contributed by atoms with Crippen molar-refractivity contribution in [3.8, 4) is 0 Å². The number of carbonyl (C=O) groups is 1. The molecule has 4 heteroatoms. The zero-order valence-corrected chi connectivity index (χ0v) is 12.4. The van der Waals surface area contributed by atoms with Gasteiger partial charge in [-0.15, -0.1) is 0 Å². The van der Waals surface area contributed by atoms with E-state index < -0.39 is 0 Å². The molecule has 0 heterocycles. The van der Waals surface area contributed by atoms with Crippen molar-refractivity contribution in [2.45, 2.75) is 44.6 Å². The van der Waals surface area contributed by atoms with E-state index in [0.717, 1.165) is 17.1 Å². The number of rotatable bonds is 6. The molecular weight excluding hydrogens is 322 g/mol. The van der Waals surface area contributed by atoms with Gasteiger partial charge in [-0.1, -0.05) is 45.2 Å². The number of amides is 1. The predicted octanol–water partition coefficient (Wildman–Crippen LogP) is 3.23. The average Bonchev–Trinajstić information content (AvgIpc) is 2.20. The monoisotopic (exact) mass is 339 g/mol. The smallest absolute Gasteiger partial charge is 0.220 e. The van der Waals surface area contributed by atoms with E-state index in [-0.39, 0.29) is 11.4 Å². The van der Waals surface area contributed by atoms with Crippen LogP contribution in [-0.2, 0) is 4.79 Å². The first kappa shape index (κ1) is 13.5. The maximum Gasteiger partial charge on any atom is 0.220 e. The lowest BCUT2D eigenvalue weighted by molar-refractivity contribution is -0.124. The quantitative estimate of drug-likeness (QED) is 0.739. The fourth-order valence-corrected chi connectivity index (χ4v) is 3.69. The SMILES string of the molecule is CCC(CBr)(CBr)NC(=O)CC1CCC1. The Labute approximate surface area is 109 Å². The highest BCUT2D eigenvalue weighted by atomic mass is 79.9. The Morgan fingerprint density at radius 3 is 2.33 bits per heavy atom. The highest BCUT2D eigenvalue weighted by Crippen LogP contribution is 2.29. The van der Waals surface area contributed by atoms with Crippen LogP contribution in [0.1, 0.15) is 39.0 Å². The minimum atomic E-state index is -0.110. The molecule has 1 amide bonds. The van der Waals surface area contributed by atoms with E-state index >= 15 is 0 Å². The lowest BCUT2D eigenvalue weighted by Crippen LogP contribution is -2.51. The standard InChI is InChI=1S/C11H19Br2NO/c1-2-11(7-12,8-13)14-10(15)6-9-4-3-5-9/h9H,2-8H2,1H3,(H,14,15). The molecule has 1 saturated carbocycles. The van der Waals surface area contributed by atoms with E-state index in [1.54, 1.807) is 0 Å². The van der Waals surface area contributed by atoms with Crippen molar-refractivity contribution in [1.29, 1.82) is 0 Å². The molecule has 0 atom stereocenters. The number of hydrogen-bond donors (Lipinski definition) is 1. The Hall–Kier alpha value is 0.430. The van der Waals surface area contributed by atoms with Crippen LogP contribution in [-0.4, -0.2) is 22.1 Å². The normalized spacial score (nSPS) is 17.3. The van der Waals surface area contributed by atoms with Gasteiger partial charge in [-0.2, -0.15) is 0 Å². The van der Waals surface area contributed by atoms with Gasteiger partial charge in [-0.25, -0.2) is 0 Å². The molecule has 1 fully saturated rings. The van der Waals surface area contributed by atoms with Gasteiger partial charge < -0.3 is 5.32 Å². The average molecular weight is 341 g/mol. The van der Waals surface area contributed by atoms with Gasteiger partial charge in [0.05, 0.1) is 5.54 Å². The predicted molar refractivity (Wildman–Crippen MR) is 70.7 cm³/mol. The minimum Gasteiger partial charge on any atom is -0.349 e. The van der Waals surface area contributed by atoms with E-state index in [0.29, 0.717) is 12.3 Å². The molecular formula is C11H19Br2NO. The van der Waals surface area contributed by atoms with Crippen molar-refractivity contribution in [2.24, 2.45) is 5.92 Å². The Balaban J connectivity index is 2.38. The van der Waals surface area contributed by atoms with Crippen molar-refractivity contribution in [3.05, 3.63) is 0 Å². The molecule has 0 bridgehead atoms. The van der Waals surface area contributed by atoms with Crippen LogP contribution in [0.5, 0.6) is 0 Å². The van der Waals surface area contributed by atoms with Gasteiger partial charge in [0.25, 0.3) is 0 Å². The molecule has 88 valence electrons. The second kappa shape index (κ2) is 6.24. The van der Waals surface area contributed by atoms with E-state index in [9.17, 15) is 4.79 Å². The highest BCUT2D eigenvalue weighted by molar-refractivity contribution is 9.09. The lowest BCUT2D eigenvalue weighted by atomic mass is 9.82. The van der Waals surface area contributed by atoms with Crippen LogP contribution in [0.3, 0.4) is 0 Å². The first-order valence-electron chi connectivity index (χ1n) is 5.58. The van der Waals surface area contributed by atoms with Gasteiger partial charge in [0.1, 0.15) is 0 Å². The highest BCUT2D eigenvalue weighted by Gasteiger charge is 2.29. The molecule has 0 aromatic carbocycles. The Morgan fingerprint density at radius 1 is 1.40 bits per heavy atom. The molecule has 1 rings (SSSR count). The van der Waals surface area contributed by atoms with Crippen molar-refractivity contribution >= 4 is 37.8 Å². The molecule has 1 aliphatic carbocycles. The summed E-state index contributed by atoms with van der Waals surface area (Å²) in [5.41, 5.74) is -0.110. The minimum absolute atomic E-state index is 0.110. The summed E-state index contributed by atoms with van der Waals surface area (Å²) in [6.45, 7) is 2.10. The first-order chi connectivity index (χ1) is 7.15. The number of halogens is 2. The van der Waals surface area contributed by atoms with Crippen LogP contribution in [0.2, 0.25) is 0 Å². The van der Waals surface area contributed by atoms with Crippen molar-refractivity contribution in [2.75, 3.05) is 10.7 Å². The summed E-state index contributed by atoms with van der Waals surface area (Å²) in [7, 11) is 0. The molecule has 0 radical (unpaired) electrons. The number of carbonyl (C=O) groups excluding carboxylic acids is 1. The van der Waals surface area contributed by atoms with Crippen molar-refractivity contribution < 1.29 is 4.79 Å². The summed E-state index contributed by atoms with van der Waals surface area (Å²) in [6, 6.07) is 0. The topological polar surface area (TPSA) is 29.1 Å². The van der Waals surface area contributed by atoms with Crippen LogP contribution in [0.4, 0.5) is 0 Å². The Morgan fingerprint density at radius 2 is 2.00 bits per heavy atom. The van der Waals surface area contributed by atoms with E-state index in [2.05, 4.69) is 44.1 Å². The number of nitrogens with one attached hydrogen (secondary N) is 1. The van der Waals surface area contributed by atoms with E-state index in [1.165, 1.54) is 19.3 Å². The van der Waals surface area contributed by atoms with Crippen molar-refractivity contribution in [3.63, 3.8) is 0 Å². The van der Waals surface area contributed by atoms with Gasteiger partial charge in [-0.05, 0) is 25.2 Å². The van der Waals surface area contributed by atoms with Gasteiger partial charge in [-0.3, -0.25) is 4.79 Å². The van der Waals surface area contributed by atoms with Gasteiger partial charge in [0.2, 0.25) is 5.91 Å². The maximum absolute atomic E-state index is 11.8. The summed E-state index contributed by atoms with van der Waals surface area (Å²) in [6.07, 6.45) is 5.42. The molecule has 2 nitrogen and oxygen atoms in total. The number of alkyl halides is 2. The van der Waals surface area contributed by atoms with Gasteiger partial charge in [0.15, 0.2) is 0 Å². The molecule has 0 spiro atoms. The molecule has 1 aliphatic rings. The summed E-state index contributed by atoms with van der Waals surface area (Å²) in [5, 5.41) is 4.75. The molecule has 0 aromatic heterocycles. The summed E-state index contributed by atoms with van der Waals surface area (Å²) < 4.78 is 0. The van der Waals surface area contributed by atoms with Crippen LogP contribution >= 0.6 is 31.9 Å². The number of hydrogen-bond acceptors (Lipinski definition) is 1. The zero-order chi connectivity index (χ0) is 11.3. The fourth-order valence-electron chi connectivity index (χ4n) is 1.69. The summed E-state index contributed by atoms with van der Waals surface area (Å²) >= 11 is 6.95. The molecule has 0 aromatic rings. The molecule has 1 N–H and O–H groups in total. The van der Waals surface area contributed by atoms with Gasteiger partial charge in [0, 0.05) is 17.1 Å². The van der Waals surface area contributed by atoms with Crippen LogP contribution in [0, 0.1) is 5.92 Å². The molecule has 0 aliphatic heterocycles. The Kier molecular flexibility index (Phi) is 5.61. The summed E-state index contributed by atoms with van der Waals surface area (Å²) in [5.74, 6) is 0.852. The van der Waals surface area contributed by atoms with Crippen LogP contribution in [0.15, 0.2) is 0 Å². The first-order valence-corrected chi connectivity index (χ1v) is 7.83. The third-order valence-electron chi connectivity index (χ3n) is 3.29. The molecule has 15 heavy (non-hydrogen) atoms. The zero-order valence-electron chi connectivity index (χ0n) is 9.19. The fraction of sp³-hybridized carbons (Fsp3) is 0.909. The third-order valence-corrected chi connectivity index (χ3v) is 5.44. The van der Waals surface area contributed by atoms with Crippen LogP contribution in [0.25, 0.3) is 0 Å². The third kappa shape index (κ3) is 3.74. The lowest BCUT2D eigenvalue weighted by Gasteiger charge is -2.32. The van der Waals surface area contributed by atoms with Crippen molar-refractivity contribution in [1.82, 2.24) is 5.32 Å². The molecule has 0 saturated heterocycles. The largest absolute Gasteiger partial charge is 0.349 e.